The summed E-state index contributed by atoms with van der Waals surface area (Å²) in [5.41, 5.74) is 12.7. The van der Waals surface area contributed by atoms with Gasteiger partial charge in [-0.1, -0.05) is 59.6 Å². The summed E-state index contributed by atoms with van der Waals surface area (Å²) >= 11 is 16.2. The fourth-order valence-electron chi connectivity index (χ4n) is 7.30. The van der Waals surface area contributed by atoms with Crippen LogP contribution in [0.15, 0.2) is 102 Å². The topological polar surface area (TPSA) is 87.4 Å². The lowest BCUT2D eigenvalue weighted by Gasteiger charge is -2.18. The number of H-pyrrole nitrogens is 2. The summed E-state index contributed by atoms with van der Waals surface area (Å²) in [5.74, 6) is -0.616. The van der Waals surface area contributed by atoms with Gasteiger partial charge in [-0.2, -0.15) is 0 Å². The fraction of sp³-hybridized carbons (Fsp3) is 0.217. The zero-order valence-corrected chi connectivity index (χ0v) is 34.8. The third kappa shape index (κ3) is 8.68. The van der Waals surface area contributed by atoms with Crippen LogP contribution in [0.1, 0.15) is 67.2 Å². The van der Waals surface area contributed by atoms with Gasteiger partial charge in [0, 0.05) is 74.8 Å². The number of carbonyl (C=O) groups is 2. The van der Waals surface area contributed by atoms with Crippen molar-refractivity contribution in [1.82, 2.24) is 9.97 Å². The number of halogens is 3. The molecular weight excluding hydrogens is 809 g/mol. The number of carbonyl (C=O) groups excluding carboxylic acids is 2. The highest BCUT2D eigenvalue weighted by atomic mass is 79.9. The second kappa shape index (κ2) is 17.0. The van der Waals surface area contributed by atoms with Crippen molar-refractivity contribution in [2.24, 2.45) is 0 Å². The van der Waals surface area contributed by atoms with Crippen molar-refractivity contribution >= 4 is 78.6 Å². The number of nitrogens with zero attached hydrogens (tertiary/aromatic N) is 1. The van der Waals surface area contributed by atoms with E-state index >= 15 is 0 Å². The van der Waals surface area contributed by atoms with Crippen molar-refractivity contribution in [1.29, 1.82) is 0 Å². The highest BCUT2D eigenvalue weighted by Crippen LogP contribution is 2.35. The lowest BCUT2D eigenvalue weighted by molar-refractivity contribution is 0.0591. The van der Waals surface area contributed by atoms with E-state index in [-0.39, 0.29) is 11.9 Å². The van der Waals surface area contributed by atoms with Gasteiger partial charge in [0.1, 0.15) is 0 Å². The molecule has 1 aliphatic heterocycles. The molecular formula is C46H42BrCl2N3O4. The van der Waals surface area contributed by atoms with E-state index in [1.807, 2.05) is 68.4 Å². The van der Waals surface area contributed by atoms with E-state index in [0.717, 1.165) is 89.2 Å². The number of aromatic amines is 2. The van der Waals surface area contributed by atoms with E-state index in [1.54, 1.807) is 0 Å². The minimum Gasteiger partial charge on any atom is -0.465 e. The van der Waals surface area contributed by atoms with Gasteiger partial charge in [-0.15, -0.1) is 0 Å². The SMILES string of the molecule is COC(=O)c1cc(Cc2cc3cc(-c4ccc(N5CCCC5)cc4)c(Cl)cc3[nH]2)ccc1C.COC(=O)c1cc(Cc2cc3cc(Br)c(Cl)cc3[nH]2)ccc1C. The number of aryl methyl sites for hydroxylation is 2. The maximum absolute atomic E-state index is 12.0. The normalized spacial score (nSPS) is 12.5. The maximum atomic E-state index is 12.0. The Kier molecular flexibility index (Phi) is 11.9. The Labute approximate surface area is 345 Å². The molecule has 0 atom stereocenters. The van der Waals surface area contributed by atoms with Gasteiger partial charge < -0.3 is 24.3 Å². The first kappa shape index (κ1) is 39.2. The Balaban J connectivity index is 0.000000183. The van der Waals surface area contributed by atoms with Crippen molar-refractivity contribution in [3.63, 3.8) is 0 Å². The van der Waals surface area contributed by atoms with Gasteiger partial charge in [0.2, 0.25) is 0 Å². The number of aromatic nitrogens is 2. The molecule has 0 radical (unpaired) electrons. The Hall–Kier alpha value is -5.02. The predicted molar refractivity (Wildman–Crippen MR) is 232 cm³/mol. The summed E-state index contributed by atoms with van der Waals surface area (Å²) in [4.78, 5) is 33.1. The third-order valence-electron chi connectivity index (χ3n) is 10.3. The summed E-state index contributed by atoms with van der Waals surface area (Å²) in [7, 11) is 2.81. The number of benzene rings is 5. The van der Waals surface area contributed by atoms with Gasteiger partial charge in [-0.25, -0.2) is 9.59 Å². The van der Waals surface area contributed by atoms with E-state index in [0.29, 0.717) is 29.0 Å². The highest BCUT2D eigenvalue weighted by Gasteiger charge is 2.16. The van der Waals surface area contributed by atoms with Crippen LogP contribution >= 0.6 is 39.1 Å². The number of nitrogens with one attached hydrogen (secondary N) is 2. The molecule has 0 bridgehead atoms. The summed E-state index contributed by atoms with van der Waals surface area (Å²) in [6.45, 7) is 6.10. The molecule has 10 heteroatoms. The molecule has 1 fully saturated rings. The van der Waals surface area contributed by atoms with Crippen molar-refractivity contribution in [3.8, 4) is 11.1 Å². The lowest BCUT2D eigenvalue weighted by atomic mass is 10.0. The van der Waals surface area contributed by atoms with Gasteiger partial charge in [-0.05, 0) is 131 Å². The van der Waals surface area contributed by atoms with E-state index in [4.69, 9.17) is 32.7 Å². The van der Waals surface area contributed by atoms with Gasteiger partial charge >= 0.3 is 11.9 Å². The molecule has 5 aromatic carbocycles. The number of esters is 2. The summed E-state index contributed by atoms with van der Waals surface area (Å²) < 4.78 is 10.6. The first-order valence-electron chi connectivity index (χ1n) is 18.5. The van der Waals surface area contributed by atoms with Crippen LogP contribution in [-0.4, -0.2) is 49.2 Å². The monoisotopic (exact) mass is 849 g/mol. The zero-order valence-electron chi connectivity index (χ0n) is 31.7. The van der Waals surface area contributed by atoms with Gasteiger partial charge in [0.05, 0.1) is 35.4 Å². The molecule has 8 rings (SSSR count). The van der Waals surface area contributed by atoms with Crippen LogP contribution < -0.4 is 4.90 Å². The first-order valence-corrected chi connectivity index (χ1v) is 20.0. The highest BCUT2D eigenvalue weighted by molar-refractivity contribution is 9.10. The average Bonchev–Trinajstić information content (AvgIpc) is 3.96. The second-order valence-corrected chi connectivity index (χ2v) is 15.9. The number of anilines is 1. The third-order valence-corrected chi connectivity index (χ3v) is 11.8. The van der Waals surface area contributed by atoms with Crippen LogP contribution in [0.3, 0.4) is 0 Å². The molecule has 0 spiro atoms. The quantitative estimate of drug-likeness (QED) is 0.149. The van der Waals surface area contributed by atoms with Crippen molar-refractivity contribution < 1.29 is 19.1 Å². The molecule has 0 unspecified atom stereocenters. The zero-order chi connectivity index (χ0) is 39.5. The number of rotatable bonds is 8. The molecule has 56 heavy (non-hydrogen) atoms. The van der Waals surface area contributed by atoms with E-state index < -0.39 is 0 Å². The molecule has 0 aliphatic carbocycles. The largest absolute Gasteiger partial charge is 0.465 e. The fourth-order valence-corrected chi connectivity index (χ4v) is 8.10. The molecule has 7 aromatic rings. The number of fused-ring (bicyclic) bond motifs is 2. The molecule has 2 N–H and O–H groups in total. The van der Waals surface area contributed by atoms with Crippen LogP contribution in [0, 0.1) is 13.8 Å². The summed E-state index contributed by atoms with van der Waals surface area (Å²) in [6.07, 6.45) is 3.93. The van der Waals surface area contributed by atoms with Crippen LogP contribution in [0.4, 0.5) is 5.69 Å². The predicted octanol–water partition coefficient (Wildman–Crippen LogP) is 12.0. The minimum atomic E-state index is -0.309. The second-order valence-electron chi connectivity index (χ2n) is 14.2. The Morgan fingerprint density at radius 2 is 1.16 bits per heavy atom. The minimum absolute atomic E-state index is 0.307. The van der Waals surface area contributed by atoms with Crippen LogP contribution in [0.2, 0.25) is 10.0 Å². The Morgan fingerprint density at radius 1 is 0.661 bits per heavy atom. The van der Waals surface area contributed by atoms with Gasteiger partial charge in [0.15, 0.2) is 0 Å². The maximum Gasteiger partial charge on any atom is 0.338 e. The standard InChI is InChI=1S/C28H27ClN2O2.C18H15BrClNO2/c1-18-5-6-19(14-24(18)28(32)33-2)13-22-15-21-16-25(26(29)17-27(21)30-22)20-7-9-23(10-8-20)31-11-3-4-12-31;1-10-3-4-11(6-14(10)18(22)23-2)5-13-7-12-8-15(19)16(20)9-17(12)21-13/h5-10,14-17,30H,3-4,11-13H2,1-2H3;3-4,6-9,21H,5H2,1-2H3. The van der Waals surface area contributed by atoms with Crippen molar-refractivity contribution in [3.05, 3.63) is 156 Å². The molecule has 1 aliphatic rings. The van der Waals surface area contributed by atoms with Crippen molar-refractivity contribution in [2.45, 2.75) is 39.5 Å². The number of ether oxygens (including phenoxy) is 2. The first-order chi connectivity index (χ1) is 27.0. The molecule has 0 saturated carbocycles. The van der Waals surface area contributed by atoms with E-state index in [9.17, 15) is 9.59 Å². The van der Waals surface area contributed by atoms with Crippen LogP contribution in [0.25, 0.3) is 32.9 Å². The number of methoxy groups -OCH3 is 2. The molecule has 2 aromatic heterocycles. The van der Waals surface area contributed by atoms with Crippen molar-refractivity contribution in [2.75, 3.05) is 32.2 Å². The molecule has 3 heterocycles. The summed E-state index contributed by atoms with van der Waals surface area (Å²) in [6, 6.07) is 32.8. The van der Waals surface area contributed by atoms with E-state index in [1.165, 1.54) is 32.7 Å². The average molecular weight is 852 g/mol. The van der Waals surface area contributed by atoms with Gasteiger partial charge in [0.25, 0.3) is 0 Å². The van der Waals surface area contributed by atoms with Crippen LogP contribution in [0.5, 0.6) is 0 Å². The summed E-state index contributed by atoms with van der Waals surface area (Å²) in [5, 5.41) is 3.62. The Bertz CT molecular complexity index is 2530. The lowest BCUT2D eigenvalue weighted by Crippen LogP contribution is -2.17. The molecule has 286 valence electrons. The molecule has 1 saturated heterocycles. The Morgan fingerprint density at radius 3 is 1.68 bits per heavy atom. The molecule has 7 nitrogen and oxygen atoms in total. The van der Waals surface area contributed by atoms with E-state index in [2.05, 4.69) is 73.3 Å². The number of hydrogen-bond acceptors (Lipinski definition) is 5. The van der Waals surface area contributed by atoms with Crippen LogP contribution in [-0.2, 0) is 22.3 Å². The smallest absolute Gasteiger partial charge is 0.338 e. The number of hydrogen-bond donors (Lipinski definition) is 2. The molecule has 0 amide bonds. The van der Waals surface area contributed by atoms with Gasteiger partial charge in [-0.3, -0.25) is 0 Å².